The molecule has 1 aliphatic heterocycles. The van der Waals surface area contributed by atoms with Crippen LogP contribution in [0.5, 0.6) is 5.75 Å². The molecule has 2 rings (SSSR count). The third kappa shape index (κ3) is 2.88. The van der Waals surface area contributed by atoms with Gasteiger partial charge in [-0.25, -0.2) is 0 Å². The number of carbonyl (C=O) groups excluding carboxylic acids is 2. The molecule has 1 unspecified atom stereocenters. The number of hydrogen-bond acceptors (Lipinski definition) is 3. The fourth-order valence-electron chi connectivity index (χ4n) is 1.97. The number of ether oxygens (including phenoxy) is 1. The number of aryl methyl sites for hydroxylation is 1. The average Bonchev–Trinajstić information content (AvgIpc) is 2.36. The van der Waals surface area contributed by atoms with Gasteiger partial charge >= 0.3 is 0 Å². The van der Waals surface area contributed by atoms with Crippen molar-refractivity contribution in [2.75, 3.05) is 5.32 Å². The molecule has 18 heavy (non-hydrogen) atoms. The fourth-order valence-corrected chi connectivity index (χ4v) is 1.97. The minimum absolute atomic E-state index is 0.111. The van der Waals surface area contributed by atoms with E-state index < -0.39 is 6.10 Å². The number of hydrogen-bond donors (Lipinski definition) is 1. The summed E-state index contributed by atoms with van der Waals surface area (Å²) in [7, 11) is 0. The number of fused-ring (bicyclic) bond motifs is 1. The van der Waals surface area contributed by atoms with Crippen molar-refractivity contribution in [2.45, 2.75) is 38.7 Å². The molecular weight excluding hydrogens is 230 g/mol. The number of anilines is 1. The molecule has 1 N–H and O–H groups in total. The van der Waals surface area contributed by atoms with Gasteiger partial charge in [0.15, 0.2) is 6.10 Å². The number of amides is 1. The molecule has 0 fully saturated rings. The monoisotopic (exact) mass is 247 g/mol. The highest BCUT2D eigenvalue weighted by atomic mass is 16.5. The van der Waals surface area contributed by atoms with Crippen LogP contribution in [0.4, 0.5) is 5.69 Å². The van der Waals surface area contributed by atoms with E-state index in [-0.39, 0.29) is 5.91 Å². The van der Waals surface area contributed by atoms with Gasteiger partial charge in [0.25, 0.3) is 5.91 Å². The molecule has 1 aromatic rings. The Kier molecular flexibility index (Phi) is 3.97. The Morgan fingerprint density at radius 3 is 3.00 bits per heavy atom. The second-order valence-corrected chi connectivity index (χ2v) is 4.49. The molecule has 1 heterocycles. The first-order valence-electron chi connectivity index (χ1n) is 6.25. The molecule has 4 nitrogen and oxygen atoms in total. The summed E-state index contributed by atoms with van der Waals surface area (Å²) in [6.07, 6.45) is 3.91. The Morgan fingerprint density at radius 2 is 2.22 bits per heavy atom. The van der Waals surface area contributed by atoms with Crippen LogP contribution in [0.15, 0.2) is 18.2 Å². The lowest BCUT2D eigenvalue weighted by Gasteiger charge is -2.23. The van der Waals surface area contributed by atoms with Gasteiger partial charge in [0.05, 0.1) is 5.69 Å². The molecule has 0 aromatic heterocycles. The highest BCUT2D eigenvalue weighted by Crippen LogP contribution is 2.30. The van der Waals surface area contributed by atoms with Crippen LogP contribution in [0.25, 0.3) is 0 Å². The van der Waals surface area contributed by atoms with E-state index in [1.165, 1.54) is 0 Å². The molecule has 0 radical (unpaired) electrons. The van der Waals surface area contributed by atoms with Gasteiger partial charge in [0.1, 0.15) is 12.0 Å². The molecule has 0 aliphatic carbocycles. The van der Waals surface area contributed by atoms with Gasteiger partial charge in [0.2, 0.25) is 0 Å². The first-order valence-corrected chi connectivity index (χ1v) is 6.25. The van der Waals surface area contributed by atoms with Gasteiger partial charge in [-0.05, 0) is 43.9 Å². The average molecular weight is 247 g/mol. The van der Waals surface area contributed by atoms with Crippen LogP contribution in [-0.4, -0.2) is 18.3 Å². The van der Waals surface area contributed by atoms with Crippen molar-refractivity contribution >= 4 is 17.9 Å². The lowest BCUT2D eigenvalue weighted by molar-refractivity contribution is -0.122. The van der Waals surface area contributed by atoms with E-state index in [1.54, 1.807) is 6.92 Å². The standard InChI is InChI=1S/C14H17NO3/c1-10-14(17)15-12-9-11(5-3-2-4-8-16)6-7-13(12)18-10/h6-10H,2-5H2,1H3,(H,15,17). The summed E-state index contributed by atoms with van der Waals surface area (Å²) in [6, 6.07) is 5.84. The zero-order chi connectivity index (χ0) is 13.0. The van der Waals surface area contributed by atoms with Crippen LogP contribution < -0.4 is 10.1 Å². The maximum Gasteiger partial charge on any atom is 0.265 e. The quantitative estimate of drug-likeness (QED) is 0.641. The van der Waals surface area contributed by atoms with Crippen molar-refractivity contribution in [2.24, 2.45) is 0 Å². The molecule has 1 aliphatic rings. The third-order valence-corrected chi connectivity index (χ3v) is 3.01. The van der Waals surface area contributed by atoms with Crippen LogP contribution >= 0.6 is 0 Å². The summed E-state index contributed by atoms with van der Waals surface area (Å²) >= 11 is 0. The minimum Gasteiger partial charge on any atom is -0.479 e. The maximum atomic E-state index is 11.5. The lowest BCUT2D eigenvalue weighted by Crippen LogP contribution is -2.34. The molecule has 96 valence electrons. The maximum absolute atomic E-state index is 11.5. The number of nitrogens with one attached hydrogen (secondary N) is 1. The first-order chi connectivity index (χ1) is 8.70. The second kappa shape index (κ2) is 5.67. The Bertz CT molecular complexity index is 456. The second-order valence-electron chi connectivity index (χ2n) is 4.49. The van der Waals surface area contributed by atoms with Crippen LogP contribution in [0.2, 0.25) is 0 Å². The Balaban J connectivity index is 2.01. The van der Waals surface area contributed by atoms with E-state index in [2.05, 4.69) is 5.32 Å². The molecule has 0 spiro atoms. The summed E-state index contributed by atoms with van der Waals surface area (Å²) < 4.78 is 5.48. The Morgan fingerprint density at radius 1 is 1.39 bits per heavy atom. The third-order valence-electron chi connectivity index (χ3n) is 3.01. The van der Waals surface area contributed by atoms with E-state index in [0.717, 1.165) is 42.5 Å². The molecule has 1 amide bonds. The van der Waals surface area contributed by atoms with Crippen LogP contribution in [0, 0.1) is 0 Å². The van der Waals surface area contributed by atoms with E-state index in [9.17, 15) is 9.59 Å². The van der Waals surface area contributed by atoms with Crippen molar-refractivity contribution in [3.8, 4) is 5.75 Å². The van der Waals surface area contributed by atoms with E-state index >= 15 is 0 Å². The molecule has 1 aromatic carbocycles. The predicted octanol–water partition coefficient (Wildman–Crippen LogP) is 2.32. The van der Waals surface area contributed by atoms with Gasteiger partial charge in [-0.2, -0.15) is 0 Å². The highest BCUT2D eigenvalue weighted by Gasteiger charge is 2.23. The SMILES string of the molecule is CC1Oc2ccc(CCCCC=O)cc2NC1=O. The predicted molar refractivity (Wildman–Crippen MR) is 68.8 cm³/mol. The molecule has 4 heteroatoms. The van der Waals surface area contributed by atoms with Gasteiger partial charge in [-0.3, -0.25) is 4.79 Å². The lowest BCUT2D eigenvalue weighted by atomic mass is 10.1. The molecule has 0 bridgehead atoms. The van der Waals surface area contributed by atoms with E-state index in [1.807, 2.05) is 18.2 Å². The number of rotatable bonds is 5. The summed E-state index contributed by atoms with van der Waals surface area (Å²) in [6.45, 7) is 1.73. The van der Waals surface area contributed by atoms with E-state index in [4.69, 9.17) is 4.74 Å². The van der Waals surface area contributed by atoms with Crippen LogP contribution in [0.3, 0.4) is 0 Å². The smallest absolute Gasteiger partial charge is 0.265 e. The molecular formula is C14H17NO3. The Labute approximate surface area is 106 Å². The van der Waals surface area contributed by atoms with Gasteiger partial charge in [0, 0.05) is 6.42 Å². The molecule has 1 atom stereocenters. The van der Waals surface area contributed by atoms with Crippen molar-refractivity contribution in [3.63, 3.8) is 0 Å². The first kappa shape index (κ1) is 12.6. The number of carbonyl (C=O) groups is 2. The van der Waals surface area contributed by atoms with Crippen molar-refractivity contribution in [1.82, 2.24) is 0 Å². The Hall–Kier alpha value is -1.84. The van der Waals surface area contributed by atoms with Crippen LogP contribution in [-0.2, 0) is 16.0 Å². The zero-order valence-electron chi connectivity index (χ0n) is 10.4. The highest BCUT2D eigenvalue weighted by molar-refractivity contribution is 5.97. The zero-order valence-corrected chi connectivity index (χ0v) is 10.4. The summed E-state index contributed by atoms with van der Waals surface area (Å²) in [4.78, 5) is 21.7. The summed E-state index contributed by atoms with van der Waals surface area (Å²) in [5, 5.41) is 2.83. The fraction of sp³-hybridized carbons (Fsp3) is 0.429. The van der Waals surface area contributed by atoms with Crippen molar-refractivity contribution in [1.29, 1.82) is 0 Å². The molecule has 0 saturated heterocycles. The van der Waals surface area contributed by atoms with Gasteiger partial charge in [-0.15, -0.1) is 0 Å². The number of unbranched alkanes of at least 4 members (excludes halogenated alkanes) is 2. The van der Waals surface area contributed by atoms with Gasteiger partial charge < -0.3 is 14.8 Å². The molecule has 0 saturated carbocycles. The van der Waals surface area contributed by atoms with Crippen molar-refractivity contribution < 1.29 is 14.3 Å². The summed E-state index contributed by atoms with van der Waals surface area (Å²) in [5.74, 6) is 0.611. The number of aldehydes is 1. The van der Waals surface area contributed by atoms with Crippen LogP contribution in [0.1, 0.15) is 31.7 Å². The van der Waals surface area contributed by atoms with E-state index in [0.29, 0.717) is 6.42 Å². The minimum atomic E-state index is -0.434. The number of benzene rings is 1. The normalized spacial score (nSPS) is 17.6. The van der Waals surface area contributed by atoms with Crippen molar-refractivity contribution in [3.05, 3.63) is 23.8 Å². The largest absolute Gasteiger partial charge is 0.479 e. The van der Waals surface area contributed by atoms with Gasteiger partial charge in [-0.1, -0.05) is 6.07 Å². The topological polar surface area (TPSA) is 55.4 Å². The summed E-state index contributed by atoms with van der Waals surface area (Å²) in [5.41, 5.74) is 1.89.